The van der Waals surface area contributed by atoms with Crippen molar-refractivity contribution in [1.82, 2.24) is 0 Å². The van der Waals surface area contributed by atoms with Crippen LogP contribution in [0.1, 0.15) is 18.1 Å². The minimum Gasteiger partial charge on any atom is -0.505 e. The molecule has 1 atom stereocenters. The highest BCUT2D eigenvalue weighted by molar-refractivity contribution is 9.10. The molecule has 5 heteroatoms. The summed E-state index contributed by atoms with van der Waals surface area (Å²) in [5.74, 6) is -1.28. The predicted molar refractivity (Wildman–Crippen MR) is 54.4 cm³/mol. The van der Waals surface area contributed by atoms with E-state index in [1.807, 2.05) is 0 Å². The van der Waals surface area contributed by atoms with Crippen molar-refractivity contribution in [3.63, 3.8) is 0 Å². The summed E-state index contributed by atoms with van der Waals surface area (Å²) in [4.78, 5) is 0. The fraction of sp³-hybridized carbons (Fsp3) is 0.333. The van der Waals surface area contributed by atoms with E-state index in [0.29, 0.717) is 4.47 Å². The molecule has 0 amide bonds. The number of hydrogen-bond donors (Lipinski definition) is 3. The van der Waals surface area contributed by atoms with Crippen LogP contribution in [0.2, 0.25) is 0 Å². The zero-order valence-corrected chi connectivity index (χ0v) is 8.96. The molecule has 0 fully saturated rings. The molecule has 0 heterocycles. The van der Waals surface area contributed by atoms with Crippen LogP contribution in [0, 0.1) is 5.82 Å². The smallest absolute Gasteiger partial charge is 0.166 e. The van der Waals surface area contributed by atoms with Gasteiger partial charge in [-0.2, -0.15) is 0 Å². The van der Waals surface area contributed by atoms with E-state index in [0.717, 1.165) is 6.07 Å². The lowest BCUT2D eigenvalue weighted by Gasteiger charge is -2.12. The Hall–Kier alpha value is -0.650. The first-order chi connectivity index (χ1) is 6.56. The molecule has 3 nitrogen and oxygen atoms in total. The average Bonchev–Trinajstić information content (AvgIpc) is 2.11. The van der Waals surface area contributed by atoms with Gasteiger partial charge in [0.15, 0.2) is 11.6 Å². The quantitative estimate of drug-likeness (QED) is 0.778. The largest absolute Gasteiger partial charge is 0.505 e. The van der Waals surface area contributed by atoms with Gasteiger partial charge in [-0.3, -0.25) is 0 Å². The maximum Gasteiger partial charge on any atom is 0.166 e. The minimum absolute atomic E-state index is 0.155. The van der Waals surface area contributed by atoms with E-state index >= 15 is 0 Å². The monoisotopic (exact) mass is 263 g/mol. The van der Waals surface area contributed by atoms with Crippen molar-refractivity contribution >= 4 is 15.9 Å². The van der Waals surface area contributed by atoms with E-state index in [4.69, 9.17) is 5.73 Å². The van der Waals surface area contributed by atoms with Crippen molar-refractivity contribution in [3.05, 3.63) is 28.0 Å². The van der Waals surface area contributed by atoms with E-state index < -0.39 is 17.7 Å². The standard InChI is InChI=1S/C9H11BrFNO2/c10-5-3-6(8(13)1-2-12)9(14)7(11)4-5/h3-4,8,13-14H,1-2,12H2/t8-/m1/s1. The lowest BCUT2D eigenvalue weighted by molar-refractivity contribution is 0.165. The van der Waals surface area contributed by atoms with Crippen LogP contribution in [0.5, 0.6) is 5.75 Å². The predicted octanol–water partition coefficient (Wildman–Crippen LogP) is 1.68. The number of nitrogens with two attached hydrogens (primary N) is 1. The van der Waals surface area contributed by atoms with Gasteiger partial charge in [-0.25, -0.2) is 4.39 Å². The summed E-state index contributed by atoms with van der Waals surface area (Å²) in [5, 5.41) is 18.8. The fourth-order valence-electron chi connectivity index (χ4n) is 1.15. The Balaban J connectivity index is 3.07. The van der Waals surface area contributed by atoms with Crippen LogP contribution in [0.3, 0.4) is 0 Å². The number of aromatic hydroxyl groups is 1. The van der Waals surface area contributed by atoms with Crippen LogP contribution < -0.4 is 5.73 Å². The molecule has 0 saturated carbocycles. The summed E-state index contributed by atoms with van der Waals surface area (Å²) < 4.78 is 13.5. The third-order valence-electron chi connectivity index (χ3n) is 1.86. The molecule has 0 aliphatic heterocycles. The highest BCUT2D eigenvalue weighted by Crippen LogP contribution is 2.31. The van der Waals surface area contributed by atoms with Gasteiger partial charge in [-0.05, 0) is 25.1 Å². The summed E-state index contributed by atoms with van der Waals surface area (Å²) in [6, 6.07) is 2.60. The van der Waals surface area contributed by atoms with E-state index in [9.17, 15) is 14.6 Å². The number of aliphatic hydroxyl groups excluding tert-OH is 1. The summed E-state index contributed by atoms with van der Waals surface area (Å²) >= 11 is 3.07. The summed E-state index contributed by atoms with van der Waals surface area (Å²) in [5.41, 5.74) is 5.40. The zero-order chi connectivity index (χ0) is 10.7. The molecule has 0 aromatic heterocycles. The second-order valence-electron chi connectivity index (χ2n) is 2.92. The first kappa shape index (κ1) is 11.4. The molecule has 0 unspecified atom stereocenters. The topological polar surface area (TPSA) is 66.5 Å². The van der Waals surface area contributed by atoms with E-state index in [1.165, 1.54) is 6.07 Å². The number of halogens is 2. The first-order valence-electron chi connectivity index (χ1n) is 4.12. The number of rotatable bonds is 3. The van der Waals surface area contributed by atoms with Gasteiger partial charge in [0.25, 0.3) is 0 Å². The second-order valence-corrected chi connectivity index (χ2v) is 3.83. The van der Waals surface area contributed by atoms with Crippen LogP contribution in [0.15, 0.2) is 16.6 Å². The third-order valence-corrected chi connectivity index (χ3v) is 2.31. The summed E-state index contributed by atoms with van der Waals surface area (Å²) in [6.45, 7) is 0.273. The molecule has 0 saturated heterocycles. The summed E-state index contributed by atoms with van der Waals surface area (Å²) in [7, 11) is 0. The average molecular weight is 264 g/mol. The molecule has 0 bridgehead atoms. The van der Waals surface area contributed by atoms with Crippen LogP contribution in [0.25, 0.3) is 0 Å². The van der Waals surface area contributed by atoms with Gasteiger partial charge in [-0.15, -0.1) is 0 Å². The second kappa shape index (κ2) is 4.72. The molecular formula is C9H11BrFNO2. The van der Waals surface area contributed by atoms with Gasteiger partial charge >= 0.3 is 0 Å². The molecule has 4 N–H and O–H groups in total. The molecule has 0 radical (unpaired) electrons. The highest BCUT2D eigenvalue weighted by Gasteiger charge is 2.15. The van der Waals surface area contributed by atoms with Crippen LogP contribution in [-0.2, 0) is 0 Å². The summed E-state index contributed by atoms with van der Waals surface area (Å²) in [6.07, 6.45) is -0.657. The van der Waals surface area contributed by atoms with Gasteiger partial charge in [0.1, 0.15) is 0 Å². The maximum absolute atomic E-state index is 13.0. The van der Waals surface area contributed by atoms with Crippen LogP contribution in [0.4, 0.5) is 4.39 Å². The number of phenolic OH excluding ortho intramolecular Hbond substituents is 1. The molecule has 1 rings (SSSR count). The van der Waals surface area contributed by atoms with E-state index in [-0.39, 0.29) is 18.5 Å². The Bertz CT molecular complexity index is 333. The van der Waals surface area contributed by atoms with E-state index in [1.54, 1.807) is 0 Å². The Labute approximate surface area is 89.5 Å². The molecule has 14 heavy (non-hydrogen) atoms. The Kier molecular flexibility index (Phi) is 3.86. The molecule has 78 valence electrons. The Morgan fingerprint density at radius 1 is 1.50 bits per heavy atom. The molecule has 1 aromatic rings. The normalized spacial score (nSPS) is 12.9. The van der Waals surface area contributed by atoms with Crippen molar-refractivity contribution in [2.24, 2.45) is 5.73 Å². The molecular weight excluding hydrogens is 253 g/mol. The number of hydrogen-bond acceptors (Lipinski definition) is 3. The third kappa shape index (κ3) is 2.43. The fourth-order valence-corrected chi connectivity index (χ4v) is 1.60. The van der Waals surface area contributed by atoms with Gasteiger partial charge < -0.3 is 15.9 Å². The molecule has 0 aliphatic rings. The van der Waals surface area contributed by atoms with Crippen molar-refractivity contribution in [2.75, 3.05) is 6.54 Å². The SMILES string of the molecule is NCC[C@@H](O)c1cc(Br)cc(F)c1O. The van der Waals surface area contributed by atoms with Crippen molar-refractivity contribution < 1.29 is 14.6 Å². The zero-order valence-electron chi connectivity index (χ0n) is 7.37. The number of phenols is 1. The van der Waals surface area contributed by atoms with Crippen molar-refractivity contribution in [2.45, 2.75) is 12.5 Å². The van der Waals surface area contributed by atoms with Gasteiger partial charge in [-0.1, -0.05) is 15.9 Å². The lowest BCUT2D eigenvalue weighted by atomic mass is 10.1. The van der Waals surface area contributed by atoms with Crippen molar-refractivity contribution in [3.8, 4) is 5.75 Å². The van der Waals surface area contributed by atoms with Crippen LogP contribution in [-0.4, -0.2) is 16.8 Å². The highest BCUT2D eigenvalue weighted by atomic mass is 79.9. The maximum atomic E-state index is 13.0. The molecule has 0 spiro atoms. The van der Waals surface area contributed by atoms with Gasteiger partial charge in [0.2, 0.25) is 0 Å². The minimum atomic E-state index is -0.938. The van der Waals surface area contributed by atoms with Gasteiger partial charge in [0, 0.05) is 10.0 Å². The lowest BCUT2D eigenvalue weighted by Crippen LogP contribution is -2.07. The molecule has 1 aromatic carbocycles. The Morgan fingerprint density at radius 3 is 2.71 bits per heavy atom. The Morgan fingerprint density at radius 2 is 2.14 bits per heavy atom. The number of benzene rings is 1. The van der Waals surface area contributed by atoms with Crippen LogP contribution >= 0.6 is 15.9 Å². The van der Waals surface area contributed by atoms with E-state index in [2.05, 4.69) is 15.9 Å². The number of aliphatic hydroxyl groups is 1. The molecule has 0 aliphatic carbocycles. The first-order valence-corrected chi connectivity index (χ1v) is 4.91. The van der Waals surface area contributed by atoms with Crippen molar-refractivity contribution in [1.29, 1.82) is 0 Å². The van der Waals surface area contributed by atoms with Gasteiger partial charge in [0.05, 0.1) is 6.10 Å².